The van der Waals surface area contributed by atoms with Crippen molar-refractivity contribution in [1.82, 2.24) is 0 Å². The van der Waals surface area contributed by atoms with Crippen LogP contribution in [0.15, 0.2) is 35.9 Å². The van der Waals surface area contributed by atoms with Crippen LogP contribution in [0.1, 0.15) is 13.8 Å². The molecule has 0 unspecified atom stereocenters. The van der Waals surface area contributed by atoms with E-state index in [1.807, 2.05) is 37.3 Å². The lowest BCUT2D eigenvalue weighted by atomic mass is 10.3. The van der Waals surface area contributed by atoms with Crippen molar-refractivity contribution in [2.75, 3.05) is 25.1 Å². The summed E-state index contributed by atoms with van der Waals surface area (Å²) in [7, 11) is 0. The highest BCUT2D eigenvalue weighted by molar-refractivity contribution is 5.46. The lowest BCUT2D eigenvalue weighted by Crippen LogP contribution is -1.98. The molecule has 0 aliphatic rings. The Hall–Kier alpha value is -1.48. The van der Waals surface area contributed by atoms with Crippen LogP contribution < -0.4 is 10.1 Å². The maximum Gasteiger partial charge on any atom is 0.119 e. The Morgan fingerprint density at radius 3 is 2.62 bits per heavy atom. The molecule has 0 spiro atoms. The third-order valence-corrected chi connectivity index (χ3v) is 2.17. The summed E-state index contributed by atoms with van der Waals surface area (Å²) >= 11 is 0. The van der Waals surface area contributed by atoms with Gasteiger partial charge in [-0.05, 0) is 49.8 Å². The van der Waals surface area contributed by atoms with Gasteiger partial charge >= 0.3 is 0 Å². The minimum atomic E-state index is 0.0860. The van der Waals surface area contributed by atoms with Crippen molar-refractivity contribution in [1.29, 1.82) is 0 Å². The predicted octanol–water partition coefficient (Wildman–Crippen LogP) is 2.44. The molecule has 3 heteroatoms. The fourth-order valence-corrected chi connectivity index (χ4v) is 1.22. The average molecular weight is 221 g/mol. The smallest absolute Gasteiger partial charge is 0.119 e. The number of anilines is 1. The van der Waals surface area contributed by atoms with Crippen LogP contribution in [0.5, 0.6) is 5.75 Å². The number of ether oxygens (including phenoxy) is 1. The van der Waals surface area contributed by atoms with Gasteiger partial charge in [-0.15, -0.1) is 0 Å². The number of nitrogens with one attached hydrogen (secondary N) is 1. The van der Waals surface area contributed by atoms with E-state index in [1.165, 1.54) is 0 Å². The first-order valence-electron chi connectivity index (χ1n) is 5.49. The van der Waals surface area contributed by atoms with Crippen molar-refractivity contribution in [3.63, 3.8) is 0 Å². The van der Waals surface area contributed by atoms with E-state index < -0.39 is 0 Å². The molecule has 1 rings (SSSR count). The third-order valence-electron chi connectivity index (χ3n) is 2.17. The van der Waals surface area contributed by atoms with E-state index in [1.54, 1.807) is 0 Å². The van der Waals surface area contributed by atoms with Crippen LogP contribution in [-0.4, -0.2) is 24.9 Å². The molecule has 0 amide bonds. The van der Waals surface area contributed by atoms with Gasteiger partial charge in [-0.1, -0.05) is 0 Å². The summed E-state index contributed by atoms with van der Waals surface area (Å²) in [4.78, 5) is 0. The topological polar surface area (TPSA) is 41.5 Å². The zero-order valence-corrected chi connectivity index (χ0v) is 9.86. The van der Waals surface area contributed by atoms with Crippen molar-refractivity contribution in [2.24, 2.45) is 0 Å². The zero-order chi connectivity index (χ0) is 11.8. The van der Waals surface area contributed by atoms with Crippen molar-refractivity contribution < 1.29 is 9.84 Å². The Bertz CT molecular complexity index is 330. The molecule has 0 radical (unpaired) electrons. The summed E-state index contributed by atoms with van der Waals surface area (Å²) in [5.41, 5.74) is 2.02. The van der Waals surface area contributed by atoms with Gasteiger partial charge in [0.2, 0.25) is 0 Å². The second-order valence-electron chi connectivity index (χ2n) is 3.57. The summed E-state index contributed by atoms with van der Waals surface area (Å²) in [6.07, 6.45) is 1.87. The third kappa shape index (κ3) is 4.36. The largest absolute Gasteiger partial charge is 0.490 e. The van der Waals surface area contributed by atoms with Gasteiger partial charge in [0.15, 0.2) is 0 Å². The van der Waals surface area contributed by atoms with E-state index in [0.29, 0.717) is 6.61 Å². The number of aliphatic hydroxyl groups is 1. The Kier molecular flexibility index (Phi) is 5.43. The van der Waals surface area contributed by atoms with Gasteiger partial charge in [-0.3, -0.25) is 0 Å². The van der Waals surface area contributed by atoms with Crippen molar-refractivity contribution in [3.05, 3.63) is 35.9 Å². The molecule has 1 aromatic carbocycles. The molecule has 0 fully saturated rings. The second kappa shape index (κ2) is 6.90. The fraction of sp³-hybridized carbons (Fsp3) is 0.385. The molecular formula is C13H19NO2. The standard InChI is InChI=1S/C13H19NO2/c1-3-14-12-4-6-13(7-5-12)16-9-8-11(2)10-15/h4-8,14-15H,3,9-10H2,1-2H3/b11-8-. The quantitative estimate of drug-likeness (QED) is 0.725. The molecule has 2 N–H and O–H groups in total. The van der Waals surface area contributed by atoms with E-state index in [0.717, 1.165) is 23.6 Å². The van der Waals surface area contributed by atoms with E-state index in [4.69, 9.17) is 9.84 Å². The molecule has 0 atom stereocenters. The van der Waals surface area contributed by atoms with Gasteiger partial charge in [0, 0.05) is 12.2 Å². The van der Waals surface area contributed by atoms with Gasteiger partial charge in [0.05, 0.1) is 6.61 Å². The minimum absolute atomic E-state index is 0.0860. The summed E-state index contributed by atoms with van der Waals surface area (Å²) in [6, 6.07) is 7.84. The highest BCUT2D eigenvalue weighted by Crippen LogP contribution is 2.15. The minimum Gasteiger partial charge on any atom is -0.490 e. The fourth-order valence-electron chi connectivity index (χ4n) is 1.22. The molecule has 88 valence electrons. The Labute approximate surface area is 96.8 Å². The molecule has 0 saturated carbocycles. The van der Waals surface area contributed by atoms with Crippen molar-refractivity contribution in [3.8, 4) is 5.75 Å². The van der Waals surface area contributed by atoms with Crippen LogP contribution in [0.3, 0.4) is 0 Å². The number of rotatable bonds is 6. The highest BCUT2D eigenvalue weighted by Gasteiger charge is 1.93. The van der Waals surface area contributed by atoms with Crippen LogP contribution in [-0.2, 0) is 0 Å². The second-order valence-corrected chi connectivity index (χ2v) is 3.57. The Morgan fingerprint density at radius 2 is 2.06 bits per heavy atom. The molecule has 0 aromatic heterocycles. The van der Waals surface area contributed by atoms with Gasteiger partial charge in [0.1, 0.15) is 12.4 Å². The van der Waals surface area contributed by atoms with E-state index >= 15 is 0 Å². The molecule has 16 heavy (non-hydrogen) atoms. The van der Waals surface area contributed by atoms with Crippen molar-refractivity contribution >= 4 is 5.69 Å². The van der Waals surface area contributed by atoms with Gasteiger partial charge in [-0.25, -0.2) is 0 Å². The van der Waals surface area contributed by atoms with E-state index in [-0.39, 0.29) is 6.61 Å². The predicted molar refractivity (Wildman–Crippen MR) is 66.9 cm³/mol. The maximum atomic E-state index is 8.80. The molecule has 0 aliphatic carbocycles. The number of hydrogen-bond donors (Lipinski definition) is 2. The monoisotopic (exact) mass is 221 g/mol. The van der Waals surface area contributed by atoms with Crippen LogP contribution in [0.2, 0.25) is 0 Å². The van der Waals surface area contributed by atoms with Crippen LogP contribution >= 0.6 is 0 Å². The highest BCUT2D eigenvalue weighted by atomic mass is 16.5. The zero-order valence-electron chi connectivity index (χ0n) is 9.86. The summed E-state index contributed by atoms with van der Waals surface area (Å²) < 4.78 is 5.50. The molecule has 3 nitrogen and oxygen atoms in total. The van der Waals surface area contributed by atoms with Crippen LogP contribution in [0, 0.1) is 0 Å². The van der Waals surface area contributed by atoms with Gasteiger partial charge in [0.25, 0.3) is 0 Å². The van der Waals surface area contributed by atoms with Crippen LogP contribution in [0.4, 0.5) is 5.69 Å². The molecule has 0 heterocycles. The van der Waals surface area contributed by atoms with E-state index in [9.17, 15) is 0 Å². The molecule has 1 aromatic rings. The first-order valence-corrected chi connectivity index (χ1v) is 5.49. The normalized spacial score (nSPS) is 11.3. The molecule has 0 bridgehead atoms. The molecular weight excluding hydrogens is 202 g/mol. The first-order chi connectivity index (χ1) is 7.76. The number of benzene rings is 1. The Morgan fingerprint density at radius 1 is 1.38 bits per heavy atom. The average Bonchev–Trinajstić information content (AvgIpc) is 2.31. The maximum absolute atomic E-state index is 8.80. The number of hydrogen-bond acceptors (Lipinski definition) is 3. The SMILES string of the molecule is CCNc1ccc(OC/C=C(/C)CO)cc1. The summed E-state index contributed by atoms with van der Waals surface area (Å²) in [6.45, 7) is 5.43. The summed E-state index contributed by atoms with van der Waals surface area (Å²) in [5.74, 6) is 0.837. The van der Waals surface area contributed by atoms with Crippen LogP contribution in [0.25, 0.3) is 0 Å². The molecule has 0 aliphatic heterocycles. The first kappa shape index (κ1) is 12.6. The van der Waals surface area contributed by atoms with Gasteiger partial charge < -0.3 is 15.2 Å². The lowest BCUT2D eigenvalue weighted by molar-refractivity contribution is 0.325. The van der Waals surface area contributed by atoms with E-state index in [2.05, 4.69) is 12.2 Å². The summed E-state index contributed by atoms with van der Waals surface area (Å²) in [5, 5.41) is 12.0. The van der Waals surface area contributed by atoms with Crippen molar-refractivity contribution in [2.45, 2.75) is 13.8 Å². The van der Waals surface area contributed by atoms with Gasteiger partial charge in [-0.2, -0.15) is 0 Å². The number of aliphatic hydroxyl groups excluding tert-OH is 1. The lowest BCUT2D eigenvalue weighted by Gasteiger charge is -2.06. The Balaban J connectivity index is 2.43. The molecule has 0 saturated heterocycles.